The predicted octanol–water partition coefficient (Wildman–Crippen LogP) is -1.72. The van der Waals surface area contributed by atoms with E-state index < -0.39 is 11.2 Å². The van der Waals surface area contributed by atoms with Crippen molar-refractivity contribution in [1.82, 2.24) is 9.13 Å². The molecule has 2 aromatic rings. The van der Waals surface area contributed by atoms with Crippen molar-refractivity contribution in [1.29, 1.82) is 0 Å². The Balaban J connectivity index is 1.98. The first-order valence-electron chi connectivity index (χ1n) is 8.56. The Morgan fingerprint density at radius 3 is 2.50 bits per heavy atom. The second-order valence-electron chi connectivity index (χ2n) is 6.44. The summed E-state index contributed by atoms with van der Waals surface area (Å²) < 4.78 is 7.51. The number of benzene rings is 1. The molecule has 1 saturated heterocycles. The molecular weight excluding hydrogens is 336 g/mol. The number of nitrogens with zero attached hydrogens (tertiary/aromatic N) is 2. The highest BCUT2D eigenvalue weighted by atomic mass is 16.5. The number of rotatable bonds is 5. The highest BCUT2D eigenvalue weighted by Crippen LogP contribution is 2.09. The minimum absolute atomic E-state index is 0.0698. The van der Waals surface area contributed by atoms with Gasteiger partial charge in [0.15, 0.2) is 0 Å². The lowest BCUT2D eigenvalue weighted by atomic mass is 10.1. The Hall–Kier alpha value is -2.71. The zero-order valence-corrected chi connectivity index (χ0v) is 14.7. The number of ketones is 1. The molecule has 0 unspecified atom stereocenters. The number of quaternary nitrogens is 1. The van der Waals surface area contributed by atoms with Crippen molar-refractivity contribution in [2.75, 3.05) is 38.6 Å². The van der Waals surface area contributed by atoms with E-state index in [4.69, 9.17) is 10.5 Å². The molecule has 1 aliphatic heterocycles. The Labute approximate surface area is 150 Å². The Kier molecular flexibility index (Phi) is 5.34. The normalized spacial score (nSPS) is 15.1. The Bertz CT molecular complexity index is 911. The highest BCUT2D eigenvalue weighted by Gasteiger charge is 2.26. The van der Waals surface area contributed by atoms with E-state index in [0.717, 1.165) is 15.0 Å². The number of morpholine rings is 1. The Morgan fingerprint density at radius 2 is 1.85 bits per heavy atom. The van der Waals surface area contributed by atoms with Crippen LogP contribution in [-0.2, 0) is 18.3 Å². The lowest BCUT2D eigenvalue weighted by molar-refractivity contribution is -0.899. The number of Topliss-reactive ketones (excluding diaryl/α,β-unsaturated/α-hetero) is 1. The molecule has 8 nitrogen and oxygen atoms in total. The van der Waals surface area contributed by atoms with Gasteiger partial charge in [-0.25, -0.2) is 4.79 Å². The molecule has 0 atom stereocenters. The van der Waals surface area contributed by atoms with Crippen molar-refractivity contribution >= 4 is 11.6 Å². The molecule has 2 heterocycles. The molecule has 138 valence electrons. The number of hydrogen-bond donors (Lipinski definition) is 2. The van der Waals surface area contributed by atoms with Crippen LogP contribution in [0.2, 0.25) is 0 Å². The fraction of sp³-hybridized carbons (Fsp3) is 0.389. The number of ether oxygens (including phenoxy) is 1. The van der Waals surface area contributed by atoms with Crippen LogP contribution in [0.25, 0.3) is 0 Å². The predicted molar refractivity (Wildman–Crippen MR) is 96.6 cm³/mol. The number of hydrogen-bond acceptors (Lipinski definition) is 5. The minimum atomic E-state index is -0.644. The van der Waals surface area contributed by atoms with E-state index in [0.29, 0.717) is 26.3 Å². The van der Waals surface area contributed by atoms with Gasteiger partial charge in [-0.2, -0.15) is 0 Å². The Morgan fingerprint density at radius 1 is 1.19 bits per heavy atom. The molecular formula is C18H23N4O4+. The molecule has 0 saturated carbocycles. The van der Waals surface area contributed by atoms with Crippen LogP contribution in [0.1, 0.15) is 15.9 Å². The van der Waals surface area contributed by atoms with Gasteiger partial charge in [-0.15, -0.1) is 0 Å². The smallest absolute Gasteiger partial charge is 0.332 e. The fourth-order valence-corrected chi connectivity index (χ4v) is 3.12. The first kappa shape index (κ1) is 18.1. The van der Waals surface area contributed by atoms with Gasteiger partial charge in [0.2, 0.25) is 5.78 Å². The third kappa shape index (κ3) is 3.61. The van der Waals surface area contributed by atoms with Crippen molar-refractivity contribution in [3.05, 3.63) is 62.3 Å². The van der Waals surface area contributed by atoms with E-state index >= 15 is 0 Å². The largest absolute Gasteiger partial charge is 0.384 e. The summed E-state index contributed by atoms with van der Waals surface area (Å²) in [4.78, 5) is 38.8. The molecule has 0 radical (unpaired) electrons. The van der Waals surface area contributed by atoms with Gasteiger partial charge in [-0.1, -0.05) is 30.3 Å². The molecule has 1 aromatic carbocycles. The van der Waals surface area contributed by atoms with E-state index in [2.05, 4.69) is 0 Å². The van der Waals surface area contributed by atoms with Gasteiger partial charge in [0, 0.05) is 7.05 Å². The van der Waals surface area contributed by atoms with Gasteiger partial charge in [0.1, 0.15) is 31.0 Å². The van der Waals surface area contributed by atoms with Crippen LogP contribution in [0, 0.1) is 0 Å². The number of nitrogens with two attached hydrogens (primary N) is 1. The second kappa shape index (κ2) is 7.67. The molecule has 3 rings (SSSR count). The summed E-state index contributed by atoms with van der Waals surface area (Å²) in [5.41, 5.74) is 5.67. The zero-order chi connectivity index (χ0) is 18.7. The van der Waals surface area contributed by atoms with Crippen LogP contribution in [0.4, 0.5) is 5.82 Å². The molecule has 0 aliphatic carbocycles. The van der Waals surface area contributed by atoms with Crippen LogP contribution >= 0.6 is 0 Å². The third-order valence-electron chi connectivity index (χ3n) is 4.66. The number of anilines is 1. The summed E-state index contributed by atoms with van der Waals surface area (Å²) >= 11 is 0. The molecule has 1 aromatic heterocycles. The quantitative estimate of drug-likeness (QED) is 0.618. The third-order valence-corrected chi connectivity index (χ3v) is 4.66. The summed E-state index contributed by atoms with van der Waals surface area (Å²) in [7, 11) is 1.37. The molecule has 3 N–H and O–H groups in total. The lowest BCUT2D eigenvalue weighted by Gasteiger charge is -2.23. The SMILES string of the molecule is Cn1c(=O)c(C(=O)C[NH+]2CCOCC2)c(N)n(Cc2ccccc2)c1=O. The standard InChI is InChI=1S/C18H22N4O4/c1-20-17(24)15(14(23)12-21-7-9-26-10-8-21)16(19)22(18(20)25)11-13-5-3-2-4-6-13/h2-6H,7-12,19H2,1H3/p+1. The van der Waals surface area contributed by atoms with Crippen LogP contribution in [0.3, 0.4) is 0 Å². The van der Waals surface area contributed by atoms with Crippen molar-refractivity contribution < 1.29 is 14.4 Å². The van der Waals surface area contributed by atoms with Gasteiger partial charge in [-0.05, 0) is 5.56 Å². The minimum Gasteiger partial charge on any atom is -0.384 e. The summed E-state index contributed by atoms with van der Waals surface area (Å²) in [6.45, 7) is 2.94. The number of nitrogen functional groups attached to an aromatic ring is 1. The summed E-state index contributed by atoms with van der Waals surface area (Å²) in [5, 5.41) is 0. The van der Waals surface area contributed by atoms with Crippen LogP contribution in [0.5, 0.6) is 0 Å². The molecule has 0 amide bonds. The first-order valence-corrected chi connectivity index (χ1v) is 8.56. The number of carbonyl (C=O) groups is 1. The van der Waals surface area contributed by atoms with Gasteiger partial charge < -0.3 is 15.4 Å². The molecule has 0 bridgehead atoms. The van der Waals surface area contributed by atoms with Gasteiger partial charge in [-0.3, -0.25) is 18.7 Å². The number of aromatic nitrogens is 2. The maximum absolute atomic E-state index is 12.8. The topological polar surface area (TPSA) is 101 Å². The average molecular weight is 359 g/mol. The van der Waals surface area contributed by atoms with E-state index in [1.54, 1.807) is 0 Å². The number of carbonyl (C=O) groups excluding carboxylic acids is 1. The summed E-state index contributed by atoms with van der Waals surface area (Å²) in [6, 6.07) is 9.29. The maximum Gasteiger partial charge on any atom is 0.332 e. The van der Waals surface area contributed by atoms with E-state index in [-0.39, 0.29) is 30.3 Å². The van der Waals surface area contributed by atoms with Crippen molar-refractivity contribution in [3.63, 3.8) is 0 Å². The number of nitrogens with one attached hydrogen (secondary N) is 1. The van der Waals surface area contributed by atoms with E-state index in [1.165, 1.54) is 11.6 Å². The fourth-order valence-electron chi connectivity index (χ4n) is 3.12. The lowest BCUT2D eigenvalue weighted by Crippen LogP contribution is -3.14. The van der Waals surface area contributed by atoms with Gasteiger partial charge in [0.25, 0.3) is 5.56 Å². The van der Waals surface area contributed by atoms with Gasteiger partial charge in [0.05, 0.1) is 19.8 Å². The van der Waals surface area contributed by atoms with Crippen LogP contribution in [0.15, 0.2) is 39.9 Å². The van der Waals surface area contributed by atoms with Crippen molar-refractivity contribution in [3.8, 4) is 0 Å². The van der Waals surface area contributed by atoms with Crippen molar-refractivity contribution in [2.24, 2.45) is 7.05 Å². The first-order chi connectivity index (χ1) is 12.5. The molecule has 1 aliphatic rings. The van der Waals surface area contributed by atoms with Crippen molar-refractivity contribution in [2.45, 2.75) is 6.54 Å². The van der Waals surface area contributed by atoms with Crippen LogP contribution < -0.4 is 21.9 Å². The van der Waals surface area contributed by atoms with Crippen LogP contribution in [-0.4, -0.2) is 47.8 Å². The maximum atomic E-state index is 12.8. The van der Waals surface area contributed by atoms with E-state index in [9.17, 15) is 14.4 Å². The van der Waals surface area contributed by atoms with Gasteiger partial charge >= 0.3 is 5.69 Å². The molecule has 8 heteroatoms. The highest BCUT2D eigenvalue weighted by molar-refractivity contribution is 6.00. The second-order valence-corrected chi connectivity index (χ2v) is 6.44. The summed E-state index contributed by atoms with van der Waals surface area (Å²) in [6.07, 6.45) is 0. The zero-order valence-electron chi connectivity index (χ0n) is 14.7. The molecule has 1 fully saturated rings. The summed E-state index contributed by atoms with van der Waals surface area (Å²) in [5.74, 6) is -0.415. The average Bonchev–Trinajstić information content (AvgIpc) is 2.65. The molecule has 0 spiro atoms. The molecule has 26 heavy (non-hydrogen) atoms. The monoisotopic (exact) mass is 359 g/mol. The van der Waals surface area contributed by atoms with E-state index in [1.807, 2.05) is 30.3 Å².